The molecule has 0 aliphatic carbocycles. The van der Waals surface area contributed by atoms with Gasteiger partial charge in [-0.15, -0.1) is 0 Å². The highest BCUT2D eigenvalue weighted by Crippen LogP contribution is 2.14. The van der Waals surface area contributed by atoms with Crippen molar-refractivity contribution in [3.05, 3.63) is 11.3 Å². The molecule has 0 unspecified atom stereocenters. The van der Waals surface area contributed by atoms with Crippen LogP contribution in [-0.4, -0.2) is 12.5 Å². The predicted molar refractivity (Wildman–Crippen MR) is 68.9 cm³/mol. The Kier molecular flexibility index (Phi) is 8.68. The van der Waals surface area contributed by atoms with Crippen molar-refractivity contribution in [2.75, 3.05) is 6.54 Å². The van der Waals surface area contributed by atoms with Crippen LogP contribution in [0.5, 0.6) is 0 Å². The fourth-order valence-corrected chi connectivity index (χ4v) is 1.56. The Morgan fingerprint density at radius 2 is 1.62 bits per heavy atom. The van der Waals surface area contributed by atoms with Gasteiger partial charge in [-0.2, -0.15) is 0 Å². The van der Waals surface area contributed by atoms with E-state index in [0.29, 0.717) is 6.54 Å². The van der Waals surface area contributed by atoms with Gasteiger partial charge >= 0.3 is 0 Å². The molecule has 0 rings (SSSR count). The van der Waals surface area contributed by atoms with E-state index in [4.69, 9.17) is 5.73 Å². The van der Waals surface area contributed by atoms with E-state index >= 15 is 0 Å². The zero-order chi connectivity index (χ0) is 12.4. The van der Waals surface area contributed by atoms with Crippen molar-refractivity contribution in [3.8, 4) is 0 Å². The molecule has 94 valence electrons. The van der Waals surface area contributed by atoms with Crippen molar-refractivity contribution in [3.63, 3.8) is 0 Å². The average Bonchev–Trinajstić information content (AvgIpc) is 2.27. The van der Waals surface area contributed by atoms with Crippen LogP contribution in [0.1, 0.15) is 59.3 Å². The van der Waals surface area contributed by atoms with Gasteiger partial charge in [0.15, 0.2) is 0 Å². The highest BCUT2D eigenvalue weighted by molar-refractivity contribution is 5.93. The van der Waals surface area contributed by atoms with E-state index in [9.17, 15) is 4.79 Å². The Bertz CT molecular complexity index is 234. The van der Waals surface area contributed by atoms with Gasteiger partial charge in [0.25, 0.3) is 0 Å². The molecule has 0 atom stereocenters. The second-order valence-corrected chi connectivity index (χ2v) is 4.07. The molecule has 0 saturated heterocycles. The van der Waals surface area contributed by atoms with Gasteiger partial charge < -0.3 is 11.1 Å². The third-order valence-corrected chi connectivity index (χ3v) is 2.58. The summed E-state index contributed by atoms with van der Waals surface area (Å²) in [7, 11) is 0. The molecule has 0 aromatic rings. The van der Waals surface area contributed by atoms with Crippen LogP contribution in [0, 0.1) is 0 Å². The number of likely N-dealkylation sites (N-methyl/N-ethyl adjacent to an activating group) is 1. The number of allylic oxidation sites excluding steroid dienone is 1. The van der Waals surface area contributed by atoms with Gasteiger partial charge in [0.2, 0.25) is 5.91 Å². The quantitative estimate of drug-likeness (QED) is 0.625. The molecule has 0 spiro atoms. The van der Waals surface area contributed by atoms with Crippen LogP contribution >= 0.6 is 0 Å². The number of carbonyl (C=O) groups is 1. The van der Waals surface area contributed by atoms with E-state index in [2.05, 4.69) is 19.2 Å². The van der Waals surface area contributed by atoms with Crippen LogP contribution in [0.2, 0.25) is 0 Å². The summed E-state index contributed by atoms with van der Waals surface area (Å²) in [6.07, 6.45) is 5.92. The summed E-state index contributed by atoms with van der Waals surface area (Å²) < 4.78 is 0. The number of amides is 1. The lowest BCUT2D eigenvalue weighted by Gasteiger charge is -2.11. The number of rotatable bonds is 8. The molecule has 0 aromatic heterocycles. The number of nitrogens with one attached hydrogen (secondary N) is 1. The average molecular weight is 226 g/mol. The summed E-state index contributed by atoms with van der Waals surface area (Å²) in [5.74, 6) is 0.0181. The Labute approximate surface area is 99.5 Å². The van der Waals surface area contributed by atoms with Gasteiger partial charge in [-0.05, 0) is 32.6 Å². The highest BCUT2D eigenvalue weighted by atomic mass is 16.1. The molecule has 3 N–H and O–H groups in total. The molecular weight excluding hydrogens is 200 g/mol. The highest BCUT2D eigenvalue weighted by Gasteiger charge is 2.11. The summed E-state index contributed by atoms with van der Waals surface area (Å²) in [5.41, 5.74) is 7.58. The third kappa shape index (κ3) is 5.79. The van der Waals surface area contributed by atoms with Crippen LogP contribution in [0.3, 0.4) is 0 Å². The monoisotopic (exact) mass is 226 g/mol. The van der Waals surface area contributed by atoms with E-state index in [1.54, 1.807) is 0 Å². The maximum atomic E-state index is 11.8. The van der Waals surface area contributed by atoms with Crippen molar-refractivity contribution in [2.45, 2.75) is 59.3 Å². The van der Waals surface area contributed by atoms with Crippen molar-refractivity contribution in [2.24, 2.45) is 5.73 Å². The molecule has 0 aliphatic heterocycles. The molecule has 16 heavy (non-hydrogen) atoms. The Balaban J connectivity index is 4.54. The molecule has 0 saturated carbocycles. The van der Waals surface area contributed by atoms with Crippen molar-refractivity contribution in [1.82, 2.24) is 5.32 Å². The standard InChI is InChI=1S/C13H26N2O/c1-4-7-9-11(13(16)15-6-3)12(14)10-8-5-2/h4-10,14H2,1-3H3,(H,15,16)/b12-11+. The lowest BCUT2D eigenvalue weighted by atomic mass is 10.0. The molecule has 0 radical (unpaired) electrons. The Morgan fingerprint density at radius 3 is 2.12 bits per heavy atom. The van der Waals surface area contributed by atoms with Crippen LogP contribution in [0.15, 0.2) is 11.3 Å². The first-order chi connectivity index (χ1) is 7.67. The summed E-state index contributed by atoms with van der Waals surface area (Å²) in [6, 6.07) is 0. The number of carbonyl (C=O) groups excluding carboxylic acids is 1. The van der Waals surface area contributed by atoms with E-state index in [1.807, 2.05) is 6.92 Å². The maximum absolute atomic E-state index is 11.8. The Morgan fingerprint density at radius 1 is 1.06 bits per heavy atom. The van der Waals surface area contributed by atoms with E-state index < -0.39 is 0 Å². The second kappa shape index (κ2) is 9.25. The molecule has 0 aromatic carbocycles. The first-order valence-electron chi connectivity index (χ1n) is 6.42. The van der Waals surface area contributed by atoms with Gasteiger partial charge in [-0.1, -0.05) is 26.7 Å². The first kappa shape index (κ1) is 15.0. The lowest BCUT2D eigenvalue weighted by molar-refractivity contribution is -0.117. The van der Waals surface area contributed by atoms with Crippen molar-refractivity contribution < 1.29 is 4.79 Å². The number of hydrogen-bond donors (Lipinski definition) is 2. The fraction of sp³-hybridized carbons (Fsp3) is 0.769. The van der Waals surface area contributed by atoms with E-state index in [1.165, 1.54) is 0 Å². The molecule has 3 nitrogen and oxygen atoms in total. The number of unbranched alkanes of at least 4 members (excludes halogenated alkanes) is 2. The van der Waals surface area contributed by atoms with Crippen LogP contribution in [0.25, 0.3) is 0 Å². The van der Waals surface area contributed by atoms with Gasteiger partial charge in [-0.3, -0.25) is 4.79 Å². The van der Waals surface area contributed by atoms with Gasteiger partial charge in [0.1, 0.15) is 0 Å². The Hall–Kier alpha value is -0.990. The van der Waals surface area contributed by atoms with Gasteiger partial charge in [0.05, 0.1) is 0 Å². The summed E-state index contributed by atoms with van der Waals surface area (Å²) in [6.45, 7) is 6.84. The molecule has 0 heterocycles. The minimum atomic E-state index is 0.0181. The smallest absolute Gasteiger partial charge is 0.248 e. The molecular formula is C13H26N2O. The topological polar surface area (TPSA) is 55.1 Å². The number of hydrogen-bond acceptors (Lipinski definition) is 2. The largest absolute Gasteiger partial charge is 0.402 e. The SMILES string of the molecule is CCCC/C(N)=C(/CCCC)C(=O)NCC. The zero-order valence-corrected chi connectivity index (χ0v) is 10.9. The third-order valence-electron chi connectivity index (χ3n) is 2.58. The molecule has 0 aliphatic rings. The van der Waals surface area contributed by atoms with Crippen LogP contribution in [-0.2, 0) is 4.79 Å². The summed E-state index contributed by atoms with van der Waals surface area (Å²) in [4.78, 5) is 11.8. The summed E-state index contributed by atoms with van der Waals surface area (Å²) >= 11 is 0. The number of nitrogens with two attached hydrogens (primary N) is 1. The van der Waals surface area contributed by atoms with Crippen LogP contribution < -0.4 is 11.1 Å². The molecule has 1 amide bonds. The lowest BCUT2D eigenvalue weighted by Crippen LogP contribution is -2.27. The van der Waals surface area contributed by atoms with Crippen molar-refractivity contribution in [1.29, 1.82) is 0 Å². The molecule has 3 heteroatoms. The maximum Gasteiger partial charge on any atom is 0.248 e. The van der Waals surface area contributed by atoms with Crippen LogP contribution in [0.4, 0.5) is 0 Å². The fourth-order valence-electron chi connectivity index (χ4n) is 1.56. The molecule has 0 bridgehead atoms. The zero-order valence-electron chi connectivity index (χ0n) is 10.9. The second-order valence-electron chi connectivity index (χ2n) is 4.07. The van der Waals surface area contributed by atoms with E-state index in [-0.39, 0.29) is 5.91 Å². The normalized spacial score (nSPS) is 12.2. The minimum absolute atomic E-state index is 0.0181. The van der Waals surface area contributed by atoms with E-state index in [0.717, 1.165) is 49.8 Å². The first-order valence-corrected chi connectivity index (χ1v) is 6.42. The predicted octanol–water partition coefficient (Wildman–Crippen LogP) is 2.72. The van der Waals surface area contributed by atoms with Crippen molar-refractivity contribution >= 4 is 5.91 Å². The molecule has 0 fully saturated rings. The van der Waals surface area contributed by atoms with Gasteiger partial charge in [0, 0.05) is 17.8 Å². The van der Waals surface area contributed by atoms with Gasteiger partial charge in [-0.25, -0.2) is 0 Å². The summed E-state index contributed by atoms with van der Waals surface area (Å²) in [5, 5.41) is 2.84. The minimum Gasteiger partial charge on any atom is -0.402 e.